The van der Waals surface area contributed by atoms with Gasteiger partial charge in [-0.15, -0.1) is 11.6 Å². The lowest BCUT2D eigenvalue weighted by Crippen LogP contribution is -2.29. The Morgan fingerprint density at radius 2 is 2.25 bits per heavy atom. The van der Waals surface area contributed by atoms with Crippen LogP contribution in [0, 0.1) is 6.92 Å². The zero-order valence-electron chi connectivity index (χ0n) is 9.39. The van der Waals surface area contributed by atoms with Gasteiger partial charge in [-0.3, -0.25) is 4.79 Å². The highest BCUT2D eigenvalue weighted by atomic mass is 79.9. The molecule has 0 aliphatic heterocycles. The minimum Gasteiger partial charge on any atom is -0.351 e. The molecule has 1 aromatic rings. The highest BCUT2D eigenvalue weighted by molar-refractivity contribution is 9.10. The molecule has 0 saturated heterocycles. The second-order valence-electron chi connectivity index (χ2n) is 3.70. The van der Waals surface area contributed by atoms with Crippen molar-refractivity contribution in [2.75, 3.05) is 6.54 Å². The minimum absolute atomic E-state index is 0.00691. The number of aryl methyl sites for hydroxylation is 1. The van der Waals surface area contributed by atoms with Gasteiger partial charge in [-0.1, -0.05) is 18.6 Å². The first kappa shape index (κ1) is 13.5. The lowest BCUT2D eigenvalue weighted by molar-refractivity contribution is 0.0952. The molecule has 1 N–H and O–H groups in total. The third kappa shape index (κ3) is 3.80. The zero-order valence-corrected chi connectivity index (χ0v) is 11.7. The van der Waals surface area contributed by atoms with E-state index < -0.39 is 0 Å². The van der Waals surface area contributed by atoms with Crippen LogP contribution in [0.25, 0.3) is 0 Å². The minimum atomic E-state index is -0.0883. The third-order valence-corrected chi connectivity index (χ3v) is 3.45. The molecule has 1 amide bonds. The van der Waals surface area contributed by atoms with Crippen molar-refractivity contribution >= 4 is 33.4 Å². The van der Waals surface area contributed by atoms with Crippen molar-refractivity contribution in [2.24, 2.45) is 0 Å². The Bertz CT molecular complexity index is 381. The maximum absolute atomic E-state index is 11.8. The molecule has 1 atom stereocenters. The lowest BCUT2D eigenvalue weighted by atomic mass is 10.1. The van der Waals surface area contributed by atoms with Crippen molar-refractivity contribution in [1.29, 1.82) is 0 Å². The molecule has 0 aliphatic carbocycles. The van der Waals surface area contributed by atoms with Gasteiger partial charge in [-0.2, -0.15) is 0 Å². The van der Waals surface area contributed by atoms with E-state index in [4.69, 9.17) is 11.6 Å². The highest BCUT2D eigenvalue weighted by Crippen LogP contribution is 2.18. The largest absolute Gasteiger partial charge is 0.351 e. The van der Waals surface area contributed by atoms with Crippen LogP contribution in [-0.2, 0) is 0 Å². The maximum Gasteiger partial charge on any atom is 0.252 e. The van der Waals surface area contributed by atoms with Gasteiger partial charge in [0.15, 0.2) is 0 Å². The van der Waals surface area contributed by atoms with Gasteiger partial charge in [0.1, 0.15) is 0 Å². The van der Waals surface area contributed by atoms with E-state index in [1.54, 1.807) is 0 Å². The Balaban J connectivity index is 2.69. The van der Waals surface area contributed by atoms with E-state index in [-0.39, 0.29) is 11.3 Å². The quantitative estimate of drug-likeness (QED) is 0.848. The summed E-state index contributed by atoms with van der Waals surface area (Å²) in [7, 11) is 0. The van der Waals surface area contributed by atoms with Gasteiger partial charge < -0.3 is 5.32 Å². The Morgan fingerprint density at radius 1 is 1.56 bits per heavy atom. The molecule has 4 heteroatoms. The molecule has 0 heterocycles. The summed E-state index contributed by atoms with van der Waals surface area (Å²) in [6.07, 6.45) is 0.844. The Morgan fingerprint density at radius 3 is 2.88 bits per heavy atom. The fourth-order valence-electron chi connectivity index (χ4n) is 1.26. The number of carbonyl (C=O) groups is 1. The maximum atomic E-state index is 11.8. The summed E-state index contributed by atoms with van der Waals surface area (Å²) in [5.74, 6) is -0.0883. The van der Waals surface area contributed by atoms with Gasteiger partial charge in [0.25, 0.3) is 5.91 Å². The van der Waals surface area contributed by atoms with Gasteiger partial charge in [-0.25, -0.2) is 0 Å². The van der Waals surface area contributed by atoms with Crippen LogP contribution in [0.5, 0.6) is 0 Å². The molecule has 2 nitrogen and oxygen atoms in total. The van der Waals surface area contributed by atoms with E-state index >= 15 is 0 Å². The number of hydrogen-bond donors (Lipinski definition) is 1. The standard InChI is InChI=1S/C12H15BrClNO/c1-3-9(14)7-15-12(16)10-6-8(2)4-5-11(10)13/h4-6,9H,3,7H2,1-2H3,(H,15,16). The molecule has 0 fully saturated rings. The predicted molar refractivity (Wildman–Crippen MR) is 71.1 cm³/mol. The van der Waals surface area contributed by atoms with Crippen molar-refractivity contribution in [3.05, 3.63) is 33.8 Å². The van der Waals surface area contributed by atoms with Crippen LogP contribution in [-0.4, -0.2) is 17.8 Å². The van der Waals surface area contributed by atoms with E-state index in [1.165, 1.54) is 0 Å². The Kier molecular flexibility index (Phi) is 5.29. The van der Waals surface area contributed by atoms with E-state index in [1.807, 2.05) is 32.0 Å². The smallest absolute Gasteiger partial charge is 0.252 e. The van der Waals surface area contributed by atoms with Gasteiger partial charge in [0.05, 0.1) is 10.9 Å². The molecule has 1 rings (SSSR count). The first-order chi connectivity index (χ1) is 7.54. The second-order valence-corrected chi connectivity index (χ2v) is 5.17. The summed E-state index contributed by atoms with van der Waals surface area (Å²) in [6, 6.07) is 5.69. The summed E-state index contributed by atoms with van der Waals surface area (Å²) in [5.41, 5.74) is 1.71. The number of halogens is 2. The fraction of sp³-hybridized carbons (Fsp3) is 0.417. The predicted octanol–water partition coefficient (Wildman–Crippen LogP) is 3.50. The van der Waals surface area contributed by atoms with Crippen molar-refractivity contribution in [2.45, 2.75) is 25.6 Å². The molecule has 88 valence electrons. The van der Waals surface area contributed by atoms with Gasteiger partial charge in [-0.05, 0) is 41.4 Å². The average molecular weight is 305 g/mol. The summed E-state index contributed by atoms with van der Waals surface area (Å²) >= 11 is 9.30. The molecule has 0 bridgehead atoms. The molecule has 0 radical (unpaired) electrons. The Hall–Kier alpha value is -0.540. The topological polar surface area (TPSA) is 29.1 Å². The van der Waals surface area contributed by atoms with Gasteiger partial charge >= 0.3 is 0 Å². The van der Waals surface area contributed by atoms with E-state index in [0.29, 0.717) is 12.1 Å². The molecule has 1 aromatic carbocycles. The lowest BCUT2D eigenvalue weighted by Gasteiger charge is -2.10. The number of carbonyl (C=O) groups excluding carboxylic acids is 1. The van der Waals surface area contributed by atoms with Crippen molar-refractivity contribution in [1.82, 2.24) is 5.32 Å². The highest BCUT2D eigenvalue weighted by Gasteiger charge is 2.11. The molecule has 0 saturated carbocycles. The summed E-state index contributed by atoms with van der Waals surface area (Å²) in [4.78, 5) is 11.8. The number of benzene rings is 1. The van der Waals surface area contributed by atoms with Crippen LogP contribution in [0.3, 0.4) is 0 Å². The number of hydrogen-bond acceptors (Lipinski definition) is 1. The number of rotatable bonds is 4. The number of nitrogens with one attached hydrogen (secondary N) is 1. The molecular formula is C12H15BrClNO. The molecule has 0 spiro atoms. The molecule has 0 aliphatic rings. The molecular weight excluding hydrogens is 289 g/mol. The fourth-order valence-corrected chi connectivity index (χ4v) is 1.76. The zero-order chi connectivity index (χ0) is 12.1. The molecule has 0 aromatic heterocycles. The van der Waals surface area contributed by atoms with Crippen LogP contribution >= 0.6 is 27.5 Å². The van der Waals surface area contributed by atoms with Crippen LogP contribution in [0.2, 0.25) is 0 Å². The average Bonchev–Trinajstić information content (AvgIpc) is 2.28. The van der Waals surface area contributed by atoms with E-state index in [0.717, 1.165) is 16.5 Å². The number of amides is 1. The monoisotopic (exact) mass is 303 g/mol. The second kappa shape index (κ2) is 6.26. The van der Waals surface area contributed by atoms with Crippen molar-refractivity contribution in [3.8, 4) is 0 Å². The third-order valence-electron chi connectivity index (χ3n) is 2.29. The van der Waals surface area contributed by atoms with Gasteiger partial charge in [0.2, 0.25) is 0 Å². The van der Waals surface area contributed by atoms with Crippen LogP contribution < -0.4 is 5.32 Å². The van der Waals surface area contributed by atoms with Crippen molar-refractivity contribution in [3.63, 3.8) is 0 Å². The van der Waals surface area contributed by atoms with Crippen molar-refractivity contribution < 1.29 is 4.79 Å². The van der Waals surface area contributed by atoms with Crippen LogP contribution in [0.4, 0.5) is 0 Å². The summed E-state index contributed by atoms with van der Waals surface area (Å²) in [5, 5.41) is 2.81. The first-order valence-corrected chi connectivity index (χ1v) is 6.46. The SMILES string of the molecule is CCC(Cl)CNC(=O)c1cc(C)ccc1Br. The van der Waals surface area contributed by atoms with Crippen LogP contribution in [0.15, 0.2) is 22.7 Å². The van der Waals surface area contributed by atoms with Crippen LogP contribution in [0.1, 0.15) is 29.3 Å². The number of alkyl halides is 1. The normalized spacial score (nSPS) is 12.2. The molecule has 16 heavy (non-hydrogen) atoms. The Labute approximate surface area is 110 Å². The summed E-state index contributed by atoms with van der Waals surface area (Å²) < 4.78 is 0.804. The molecule has 1 unspecified atom stereocenters. The van der Waals surface area contributed by atoms with E-state index in [9.17, 15) is 4.79 Å². The first-order valence-electron chi connectivity index (χ1n) is 5.23. The van der Waals surface area contributed by atoms with E-state index in [2.05, 4.69) is 21.2 Å². The van der Waals surface area contributed by atoms with Gasteiger partial charge in [0, 0.05) is 11.0 Å². The summed E-state index contributed by atoms with van der Waals surface area (Å²) in [6.45, 7) is 4.45.